The topological polar surface area (TPSA) is 77.3 Å². The van der Waals surface area contributed by atoms with Crippen molar-refractivity contribution in [2.75, 3.05) is 12.5 Å². The molecule has 0 N–H and O–H groups in total. The van der Waals surface area contributed by atoms with Crippen molar-refractivity contribution in [1.82, 2.24) is 30.4 Å². The van der Waals surface area contributed by atoms with Gasteiger partial charge in [-0.1, -0.05) is 72.1 Å². The van der Waals surface area contributed by atoms with Gasteiger partial charge in [0.25, 0.3) is 0 Å². The van der Waals surface area contributed by atoms with E-state index in [0.29, 0.717) is 10.3 Å². The fourth-order valence-corrected chi connectivity index (χ4v) is 3.33. The van der Waals surface area contributed by atoms with Crippen molar-refractivity contribution in [3.8, 4) is 33.6 Å². The van der Waals surface area contributed by atoms with Gasteiger partial charge in [-0.25, -0.2) is 9.97 Å². The van der Waals surface area contributed by atoms with E-state index in [4.69, 9.17) is 0 Å². The summed E-state index contributed by atoms with van der Waals surface area (Å²) >= 11 is 2.96. The summed E-state index contributed by atoms with van der Waals surface area (Å²) in [5, 5.41) is 17.3. The highest BCUT2D eigenvalue weighted by Gasteiger charge is 2.06. The van der Waals surface area contributed by atoms with Crippen LogP contribution in [0.25, 0.3) is 33.6 Å². The standard InChI is InChI=1S/C20H16N6S2/c1-27-19-23-17(11-21-25-19)15-7-3-13(4-8-15)14-5-9-16(10-6-14)18-12-22-26-20(24-18)28-2/h3-12H,1-2H3. The minimum absolute atomic E-state index is 0.668. The van der Waals surface area contributed by atoms with E-state index >= 15 is 0 Å². The first-order valence-electron chi connectivity index (χ1n) is 8.45. The minimum Gasteiger partial charge on any atom is -0.219 e. The molecular formula is C20H16N6S2. The molecule has 0 amide bonds. The van der Waals surface area contributed by atoms with Crippen molar-refractivity contribution in [3.05, 3.63) is 60.9 Å². The van der Waals surface area contributed by atoms with Crippen molar-refractivity contribution in [2.24, 2.45) is 0 Å². The summed E-state index contributed by atoms with van der Waals surface area (Å²) in [5.74, 6) is 0. The number of rotatable bonds is 5. The lowest BCUT2D eigenvalue weighted by Gasteiger charge is -2.06. The van der Waals surface area contributed by atoms with Gasteiger partial charge >= 0.3 is 0 Å². The van der Waals surface area contributed by atoms with E-state index in [1.165, 1.54) is 23.5 Å². The Hall–Kier alpha value is -2.84. The zero-order valence-corrected chi connectivity index (χ0v) is 16.9. The smallest absolute Gasteiger partial charge is 0.209 e. The maximum Gasteiger partial charge on any atom is 0.209 e. The van der Waals surface area contributed by atoms with E-state index in [2.05, 4.69) is 78.9 Å². The van der Waals surface area contributed by atoms with Crippen LogP contribution in [0.5, 0.6) is 0 Å². The summed E-state index contributed by atoms with van der Waals surface area (Å²) in [6, 6.07) is 16.6. The predicted octanol–water partition coefficient (Wildman–Crippen LogP) is 4.50. The lowest BCUT2D eigenvalue weighted by Crippen LogP contribution is -1.93. The quantitative estimate of drug-likeness (QED) is 0.450. The van der Waals surface area contributed by atoms with E-state index in [1.54, 1.807) is 12.4 Å². The molecule has 0 atom stereocenters. The summed E-state index contributed by atoms with van der Waals surface area (Å²) in [6.45, 7) is 0. The molecule has 0 spiro atoms. The molecule has 0 saturated heterocycles. The summed E-state index contributed by atoms with van der Waals surface area (Å²) in [4.78, 5) is 8.99. The molecule has 138 valence electrons. The molecule has 4 rings (SSSR count). The van der Waals surface area contributed by atoms with Gasteiger partial charge in [-0.15, -0.1) is 10.2 Å². The van der Waals surface area contributed by atoms with Crippen LogP contribution in [0.2, 0.25) is 0 Å². The van der Waals surface area contributed by atoms with Crippen LogP contribution in [0.3, 0.4) is 0 Å². The number of aromatic nitrogens is 6. The maximum absolute atomic E-state index is 4.49. The molecule has 0 aliphatic rings. The van der Waals surface area contributed by atoms with Gasteiger partial charge in [0.15, 0.2) is 0 Å². The molecule has 0 fully saturated rings. The van der Waals surface area contributed by atoms with Gasteiger partial charge in [0.05, 0.1) is 23.8 Å². The second-order valence-electron chi connectivity index (χ2n) is 5.81. The van der Waals surface area contributed by atoms with Crippen LogP contribution >= 0.6 is 23.5 Å². The van der Waals surface area contributed by atoms with Crippen LogP contribution in [0.15, 0.2) is 71.2 Å². The van der Waals surface area contributed by atoms with Crippen LogP contribution in [0, 0.1) is 0 Å². The molecule has 0 bridgehead atoms. The van der Waals surface area contributed by atoms with Crippen LogP contribution in [0.4, 0.5) is 0 Å². The lowest BCUT2D eigenvalue weighted by atomic mass is 10.0. The Labute approximate surface area is 171 Å². The van der Waals surface area contributed by atoms with Gasteiger partial charge in [-0.3, -0.25) is 0 Å². The zero-order valence-electron chi connectivity index (χ0n) is 15.3. The minimum atomic E-state index is 0.668. The Balaban J connectivity index is 1.57. The van der Waals surface area contributed by atoms with Crippen molar-refractivity contribution >= 4 is 23.5 Å². The monoisotopic (exact) mass is 404 g/mol. The molecule has 8 heteroatoms. The highest BCUT2D eigenvalue weighted by atomic mass is 32.2. The predicted molar refractivity (Wildman–Crippen MR) is 113 cm³/mol. The third-order valence-electron chi connectivity index (χ3n) is 4.14. The summed E-state index contributed by atoms with van der Waals surface area (Å²) < 4.78 is 0. The Morgan fingerprint density at radius 1 is 0.536 bits per heavy atom. The molecule has 2 aromatic carbocycles. The summed E-state index contributed by atoms with van der Waals surface area (Å²) in [6.07, 6.45) is 7.24. The van der Waals surface area contributed by atoms with Crippen LogP contribution < -0.4 is 0 Å². The van der Waals surface area contributed by atoms with E-state index < -0.39 is 0 Å². The first-order chi connectivity index (χ1) is 13.8. The van der Waals surface area contributed by atoms with Crippen molar-refractivity contribution < 1.29 is 0 Å². The molecule has 0 unspecified atom stereocenters. The van der Waals surface area contributed by atoms with E-state index in [9.17, 15) is 0 Å². The third kappa shape index (κ3) is 4.02. The van der Waals surface area contributed by atoms with Crippen molar-refractivity contribution in [1.29, 1.82) is 0 Å². The van der Waals surface area contributed by atoms with Crippen LogP contribution in [-0.2, 0) is 0 Å². The largest absolute Gasteiger partial charge is 0.219 e. The molecule has 2 heterocycles. The number of nitrogens with zero attached hydrogens (tertiary/aromatic N) is 6. The molecule has 0 saturated carbocycles. The molecular weight excluding hydrogens is 388 g/mol. The van der Waals surface area contributed by atoms with Gasteiger partial charge in [-0.05, 0) is 23.6 Å². The fourth-order valence-electron chi connectivity index (χ4n) is 2.69. The van der Waals surface area contributed by atoms with Gasteiger partial charge in [0.1, 0.15) is 0 Å². The van der Waals surface area contributed by atoms with Crippen LogP contribution in [-0.4, -0.2) is 42.9 Å². The molecule has 6 nitrogen and oxygen atoms in total. The molecule has 2 aromatic heterocycles. The Morgan fingerprint density at radius 3 is 1.25 bits per heavy atom. The van der Waals surface area contributed by atoms with Gasteiger partial charge in [0, 0.05) is 11.1 Å². The summed E-state index contributed by atoms with van der Waals surface area (Å²) in [5.41, 5.74) is 5.94. The molecule has 0 radical (unpaired) electrons. The van der Waals surface area contributed by atoms with E-state index in [0.717, 1.165) is 33.6 Å². The Kier molecular flexibility index (Phi) is 5.59. The van der Waals surface area contributed by atoms with Gasteiger partial charge in [-0.2, -0.15) is 10.2 Å². The molecule has 4 aromatic rings. The SMILES string of the molecule is CSc1nncc(-c2ccc(-c3ccc(-c4cnnc(SC)n4)cc3)cc2)n1. The average molecular weight is 405 g/mol. The Bertz CT molecular complexity index is 995. The number of hydrogen-bond donors (Lipinski definition) is 0. The molecule has 0 aliphatic heterocycles. The first-order valence-corrected chi connectivity index (χ1v) is 10.9. The van der Waals surface area contributed by atoms with Crippen LogP contribution in [0.1, 0.15) is 0 Å². The molecule has 0 aliphatic carbocycles. The van der Waals surface area contributed by atoms with Gasteiger partial charge < -0.3 is 0 Å². The fraction of sp³-hybridized carbons (Fsp3) is 0.100. The summed E-state index contributed by atoms with van der Waals surface area (Å²) in [7, 11) is 0. The first kappa shape index (κ1) is 18.5. The third-order valence-corrected chi connectivity index (χ3v) is 5.21. The second-order valence-corrected chi connectivity index (χ2v) is 7.36. The second kappa shape index (κ2) is 8.45. The number of hydrogen-bond acceptors (Lipinski definition) is 8. The number of benzene rings is 2. The zero-order chi connectivity index (χ0) is 19.3. The average Bonchev–Trinajstić information content (AvgIpc) is 2.79. The Morgan fingerprint density at radius 2 is 0.893 bits per heavy atom. The normalized spacial score (nSPS) is 10.8. The maximum atomic E-state index is 4.49. The highest BCUT2D eigenvalue weighted by Crippen LogP contribution is 2.26. The highest BCUT2D eigenvalue weighted by molar-refractivity contribution is 7.98. The van der Waals surface area contributed by atoms with E-state index in [1.807, 2.05) is 12.5 Å². The van der Waals surface area contributed by atoms with Crippen molar-refractivity contribution in [2.45, 2.75) is 10.3 Å². The molecule has 28 heavy (non-hydrogen) atoms. The van der Waals surface area contributed by atoms with Gasteiger partial charge in [0.2, 0.25) is 10.3 Å². The van der Waals surface area contributed by atoms with E-state index in [-0.39, 0.29) is 0 Å². The lowest BCUT2D eigenvalue weighted by molar-refractivity contribution is 0.846. The van der Waals surface area contributed by atoms with Crippen molar-refractivity contribution in [3.63, 3.8) is 0 Å². The number of thioether (sulfide) groups is 2.